The van der Waals surface area contributed by atoms with E-state index in [2.05, 4.69) is 10.6 Å². The fraction of sp³-hybridized carbons (Fsp3) is 0.192. The maximum absolute atomic E-state index is 14.4. The van der Waals surface area contributed by atoms with Crippen molar-refractivity contribution in [2.24, 2.45) is 0 Å². The van der Waals surface area contributed by atoms with Crippen LogP contribution >= 0.6 is 0 Å². The van der Waals surface area contributed by atoms with Crippen molar-refractivity contribution < 1.29 is 18.7 Å². The summed E-state index contributed by atoms with van der Waals surface area (Å²) in [6, 6.07) is 17.9. The minimum atomic E-state index is -0.692. The number of nitrogens with zero attached hydrogens (tertiary/aromatic N) is 1. The molecule has 0 saturated carbocycles. The number of carbonyl (C=O) groups is 2. The number of amides is 2. The van der Waals surface area contributed by atoms with Crippen LogP contribution in [0.1, 0.15) is 20.8 Å². The molecule has 4 aromatic rings. The van der Waals surface area contributed by atoms with Gasteiger partial charge in [-0.3, -0.25) is 14.9 Å². The van der Waals surface area contributed by atoms with Crippen molar-refractivity contribution >= 4 is 45.2 Å². The molecule has 0 radical (unpaired) electrons. The Kier molecular flexibility index (Phi) is 6.06. The number of para-hydroxylation sites is 2. The number of nitrogens with one attached hydrogen (secondary N) is 2. The largest absolute Gasteiger partial charge is 0.444 e. The number of pyridine rings is 1. The second-order valence-corrected chi connectivity index (χ2v) is 8.82. The second kappa shape index (κ2) is 8.97. The molecule has 0 aliphatic carbocycles. The van der Waals surface area contributed by atoms with Gasteiger partial charge in [-0.2, -0.15) is 0 Å². The molecule has 174 valence electrons. The summed E-state index contributed by atoms with van der Waals surface area (Å²) in [6.07, 6.45) is -0.692. The highest BCUT2D eigenvalue weighted by atomic mass is 19.1. The van der Waals surface area contributed by atoms with Gasteiger partial charge in [0.2, 0.25) is 5.91 Å². The number of rotatable bonds is 4. The van der Waals surface area contributed by atoms with E-state index in [4.69, 9.17) is 4.74 Å². The van der Waals surface area contributed by atoms with Crippen LogP contribution in [0.4, 0.5) is 20.6 Å². The lowest BCUT2D eigenvalue weighted by Crippen LogP contribution is -2.27. The van der Waals surface area contributed by atoms with E-state index in [1.54, 1.807) is 73.9 Å². The van der Waals surface area contributed by atoms with Crippen LogP contribution in [-0.4, -0.2) is 22.2 Å². The molecule has 8 heteroatoms. The predicted molar refractivity (Wildman–Crippen MR) is 131 cm³/mol. The summed E-state index contributed by atoms with van der Waals surface area (Å²) in [6.45, 7) is 5.04. The van der Waals surface area contributed by atoms with E-state index in [1.165, 1.54) is 12.1 Å². The first-order valence-corrected chi connectivity index (χ1v) is 10.7. The smallest absolute Gasteiger partial charge is 0.412 e. The third-order valence-electron chi connectivity index (χ3n) is 5.07. The van der Waals surface area contributed by atoms with E-state index in [9.17, 15) is 18.8 Å². The predicted octanol–water partition coefficient (Wildman–Crippen LogP) is 5.28. The number of fused-ring (bicyclic) bond motifs is 2. The van der Waals surface area contributed by atoms with Crippen molar-refractivity contribution in [3.63, 3.8) is 0 Å². The molecule has 1 heterocycles. The SMILES string of the molecule is CC(C)(C)OC(=O)Nc1ccc(F)c(NC(=O)Cn2c3ccccc3c(=O)c3ccccc32)c1. The Morgan fingerprint density at radius 2 is 1.50 bits per heavy atom. The third-order valence-corrected chi connectivity index (χ3v) is 5.07. The summed E-state index contributed by atoms with van der Waals surface area (Å²) >= 11 is 0. The van der Waals surface area contributed by atoms with Gasteiger partial charge in [0.05, 0.1) is 16.7 Å². The lowest BCUT2D eigenvalue weighted by atomic mass is 10.1. The second-order valence-electron chi connectivity index (χ2n) is 8.82. The molecule has 0 spiro atoms. The van der Waals surface area contributed by atoms with E-state index in [1.807, 2.05) is 0 Å². The van der Waals surface area contributed by atoms with Gasteiger partial charge in [-0.25, -0.2) is 9.18 Å². The number of carbonyl (C=O) groups excluding carboxylic acids is 2. The zero-order valence-electron chi connectivity index (χ0n) is 19.0. The number of ether oxygens (including phenoxy) is 1. The van der Waals surface area contributed by atoms with Crippen LogP contribution in [-0.2, 0) is 16.1 Å². The summed E-state index contributed by atoms with van der Waals surface area (Å²) in [5.41, 5.74) is 0.571. The molecule has 0 fully saturated rings. The topological polar surface area (TPSA) is 89.4 Å². The molecule has 7 nitrogen and oxygen atoms in total. The molecule has 1 aromatic heterocycles. The fourth-order valence-electron chi connectivity index (χ4n) is 3.70. The highest BCUT2D eigenvalue weighted by Gasteiger charge is 2.18. The molecule has 0 atom stereocenters. The molecule has 0 unspecified atom stereocenters. The first-order chi connectivity index (χ1) is 16.1. The van der Waals surface area contributed by atoms with Crippen LogP contribution in [0.2, 0.25) is 0 Å². The van der Waals surface area contributed by atoms with Crippen LogP contribution in [0.5, 0.6) is 0 Å². The Balaban J connectivity index is 1.62. The van der Waals surface area contributed by atoms with Crippen molar-refractivity contribution in [3.8, 4) is 0 Å². The average Bonchev–Trinajstić information content (AvgIpc) is 2.77. The molecule has 3 aromatic carbocycles. The maximum Gasteiger partial charge on any atom is 0.412 e. The Bertz CT molecular complexity index is 1410. The lowest BCUT2D eigenvalue weighted by molar-refractivity contribution is -0.116. The van der Waals surface area contributed by atoms with Gasteiger partial charge in [0.25, 0.3) is 0 Å². The van der Waals surface area contributed by atoms with Gasteiger partial charge in [0, 0.05) is 16.5 Å². The molecular weight excluding hydrogens is 437 g/mol. The minimum absolute atomic E-state index is 0.0896. The molecule has 2 amide bonds. The van der Waals surface area contributed by atoms with Crippen LogP contribution in [0.25, 0.3) is 21.8 Å². The third kappa shape index (κ3) is 4.91. The minimum Gasteiger partial charge on any atom is -0.444 e. The number of anilines is 2. The summed E-state index contributed by atoms with van der Waals surface area (Å²) < 4.78 is 21.4. The number of halogens is 1. The van der Waals surface area contributed by atoms with Crippen LogP contribution in [0.3, 0.4) is 0 Å². The number of hydrogen-bond acceptors (Lipinski definition) is 4. The van der Waals surface area contributed by atoms with E-state index >= 15 is 0 Å². The van der Waals surface area contributed by atoms with Gasteiger partial charge in [-0.1, -0.05) is 24.3 Å². The van der Waals surface area contributed by atoms with Crippen molar-refractivity contribution in [1.82, 2.24) is 4.57 Å². The Hall–Kier alpha value is -4.20. The molecule has 0 aliphatic heterocycles. The summed E-state index contributed by atoms with van der Waals surface area (Å²) in [4.78, 5) is 37.8. The van der Waals surface area contributed by atoms with Gasteiger partial charge >= 0.3 is 6.09 Å². The standard InChI is InChI=1S/C26H24FN3O4/c1-26(2,3)34-25(33)28-16-12-13-19(27)20(14-16)29-23(31)15-30-21-10-6-4-8-17(21)24(32)18-9-5-7-11-22(18)30/h4-14H,15H2,1-3H3,(H,28,33)(H,29,31). The van der Waals surface area contributed by atoms with Crippen molar-refractivity contribution in [2.75, 3.05) is 10.6 Å². The van der Waals surface area contributed by atoms with E-state index in [0.29, 0.717) is 21.8 Å². The van der Waals surface area contributed by atoms with Gasteiger partial charge in [0.15, 0.2) is 5.43 Å². The zero-order valence-corrected chi connectivity index (χ0v) is 19.0. The molecule has 2 N–H and O–H groups in total. The normalized spacial score (nSPS) is 11.4. The van der Waals surface area contributed by atoms with Crippen LogP contribution < -0.4 is 16.1 Å². The molecule has 0 saturated heterocycles. The van der Waals surface area contributed by atoms with Crippen LogP contribution in [0, 0.1) is 5.82 Å². The fourth-order valence-corrected chi connectivity index (χ4v) is 3.70. The van der Waals surface area contributed by atoms with Crippen molar-refractivity contribution in [3.05, 3.63) is 82.8 Å². The molecular formula is C26H24FN3O4. The average molecular weight is 461 g/mol. The first kappa shape index (κ1) is 23.0. The van der Waals surface area contributed by atoms with Crippen LogP contribution in [0.15, 0.2) is 71.5 Å². The monoisotopic (exact) mass is 461 g/mol. The summed E-state index contributed by atoms with van der Waals surface area (Å²) in [5.74, 6) is -1.15. The van der Waals surface area contributed by atoms with Gasteiger partial charge in [0.1, 0.15) is 18.0 Å². The van der Waals surface area contributed by atoms with Crippen molar-refractivity contribution in [1.29, 1.82) is 0 Å². The number of benzene rings is 3. The van der Waals surface area contributed by atoms with E-state index < -0.39 is 23.4 Å². The van der Waals surface area contributed by atoms with E-state index in [-0.39, 0.29) is 23.3 Å². The molecule has 34 heavy (non-hydrogen) atoms. The molecule has 0 bridgehead atoms. The highest BCUT2D eigenvalue weighted by Crippen LogP contribution is 2.22. The van der Waals surface area contributed by atoms with Gasteiger partial charge in [-0.05, 0) is 63.2 Å². The summed E-state index contributed by atoms with van der Waals surface area (Å²) in [7, 11) is 0. The Morgan fingerprint density at radius 3 is 2.09 bits per heavy atom. The van der Waals surface area contributed by atoms with Crippen molar-refractivity contribution in [2.45, 2.75) is 32.9 Å². The highest BCUT2D eigenvalue weighted by molar-refractivity contribution is 5.97. The quantitative estimate of drug-likeness (QED) is 0.405. The maximum atomic E-state index is 14.4. The Labute approximate surface area is 195 Å². The van der Waals surface area contributed by atoms with Gasteiger partial charge in [-0.15, -0.1) is 0 Å². The van der Waals surface area contributed by atoms with E-state index in [0.717, 1.165) is 6.07 Å². The lowest BCUT2D eigenvalue weighted by Gasteiger charge is -2.20. The Morgan fingerprint density at radius 1 is 0.912 bits per heavy atom. The number of aromatic nitrogens is 1. The summed E-state index contributed by atoms with van der Waals surface area (Å²) in [5, 5.41) is 6.06. The van der Waals surface area contributed by atoms with Gasteiger partial charge < -0.3 is 14.6 Å². The molecule has 4 rings (SSSR count). The molecule has 0 aliphatic rings. The number of hydrogen-bond donors (Lipinski definition) is 2. The zero-order chi connectivity index (χ0) is 24.5. The first-order valence-electron chi connectivity index (χ1n) is 10.7.